The molecule has 10 heteroatoms. The molecule has 0 atom stereocenters. The van der Waals surface area contributed by atoms with Crippen LogP contribution in [0.5, 0.6) is 11.5 Å². The lowest BCUT2D eigenvalue weighted by Crippen LogP contribution is -2.10. The Morgan fingerprint density at radius 2 is 1.00 bits per heavy atom. The van der Waals surface area contributed by atoms with Crippen molar-refractivity contribution in [1.29, 1.82) is 10.5 Å². The molecule has 0 aliphatic heterocycles. The third-order valence-electron chi connectivity index (χ3n) is 8.40. The minimum absolute atomic E-state index is 0.407. The zero-order chi connectivity index (χ0) is 34.2. The van der Waals surface area contributed by atoms with Crippen LogP contribution in [0.1, 0.15) is 23.9 Å². The molecule has 0 saturated carbocycles. The largest absolute Gasteiger partial charge is 0.494 e. The van der Waals surface area contributed by atoms with Crippen LogP contribution in [0.4, 0.5) is 0 Å². The summed E-state index contributed by atoms with van der Waals surface area (Å²) >= 11 is 2.94. The fourth-order valence-corrected chi connectivity index (χ4v) is 8.14. The van der Waals surface area contributed by atoms with Gasteiger partial charge >= 0.3 is 0 Å². The van der Waals surface area contributed by atoms with E-state index in [0.717, 1.165) is 65.2 Å². The zero-order valence-corrected chi connectivity index (χ0v) is 28.7. The number of thiazole rings is 2. The summed E-state index contributed by atoms with van der Waals surface area (Å²) in [6, 6.07) is 36.4. The van der Waals surface area contributed by atoms with Crippen LogP contribution in [0.3, 0.4) is 0 Å². The first kappa shape index (κ1) is 31.1. The van der Waals surface area contributed by atoms with E-state index in [-0.39, 0.29) is 0 Å². The minimum Gasteiger partial charge on any atom is -0.494 e. The molecule has 0 spiro atoms. The predicted octanol–water partition coefficient (Wildman–Crippen LogP) is 8.29. The number of ether oxygens (including phenoxy) is 2. The Labute approximate surface area is 294 Å². The second-order valence-electron chi connectivity index (χ2n) is 11.4. The number of nitrogens with zero attached hydrogens (tertiary/aromatic N) is 4. The van der Waals surface area contributed by atoms with Gasteiger partial charge in [0, 0.05) is 10.8 Å². The van der Waals surface area contributed by atoms with Crippen molar-refractivity contribution >= 4 is 65.0 Å². The molecular weight excluding hydrogens is 661 g/mol. The van der Waals surface area contributed by atoms with Gasteiger partial charge in [-0.2, -0.15) is 10.5 Å². The molecule has 2 N–H and O–H groups in total. The number of aromatic nitrogens is 4. The molecule has 0 radical (unpaired) electrons. The first-order valence-electron chi connectivity index (χ1n) is 16.1. The van der Waals surface area contributed by atoms with Gasteiger partial charge in [-0.1, -0.05) is 24.3 Å². The summed E-state index contributed by atoms with van der Waals surface area (Å²) in [6.07, 6.45) is 0. The van der Waals surface area contributed by atoms with Crippen molar-refractivity contribution < 1.29 is 9.47 Å². The number of H-pyrrole nitrogens is 2. The van der Waals surface area contributed by atoms with E-state index < -0.39 is 0 Å². The normalized spacial score (nSPS) is 12.6. The van der Waals surface area contributed by atoms with E-state index in [0.29, 0.717) is 45.1 Å². The van der Waals surface area contributed by atoms with Gasteiger partial charge in [-0.15, -0.1) is 22.7 Å². The van der Waals surface area contributed by atoms with Crippen LogP contribution in [-0.4, -0.2) is 33.1 Å². The minimum atomic E-state index is 0.407. The van der Waals surface area contributed by atoms with Crippen molar-refractivity contribution in [2.45, 2.75) is 13.8 Å². The van der Waals surface area contributed by atoms with Crippen molar-refractivity contribution in [2.24, 2.45) is 0 Å². The van der Waals surface area contributed by atoms with E-state index >= 15 is 0 Å². The van der Waals surface area contributed by atoms with Gasteiger partial charge in [-0.05, 0) is 97.8 Å². The number of benzene rings is 4. The first-order chi connectivity index (χ1) is 24.6. The number of aromatic amines is 2. The van der Waals surface area contributed by atoms with E-state index in [4.69, 9.17) is 19.4 Å². The predicted molar refractivity (Wildman–Crippen MR) is 201 cm³/mol. The first-order valence-corrected chi connectivity index (χ1v) is 17.7. The van der Waals surface area contributed by atoms with Gasteiger partial charge in [0.2, 0.25) is 0 Å². The molecule has 0 amide bonds. The topological polar surface area (TPSA) is 123 Å². The van der Waals surface area contributed by atoms with Crippen molar-refractivity contribution in [3.8, 4) is 46.2 Å². The zero-order valence-electron chi connectivity index (χ0n) is 27.1. The third-order valence-corrected chi connectivity index (χ3v) is 10.5. The van der Waals surface area contributed by atoms with E-state index in [1.165, 1.54) is 22.7 Å². The molecule has 8 aromatic rings. The van der Waals surface area contributed by atoms with Crippen LogP contribution in [0.15, 0.2) is 97.1 Å². The number of rotatable bonds is 8. The maximum Gasteiger partial charge on any atom is 0.137 e. The molecule has 0 saturated heterocycles. The molecule has 50 heavy (non-hydrogen) atoms. The van der Waals surface area contributed by atoms with E-state index in [9.17, 15) is 10.5 Å². The van der Waals surface area contributed by atoms with Gasteiger partial charge in [0.25, 0.3) is 0 Å². The monoisotopic (exact) mass is 688 g/mol. The average molecular weight is 689 g/mol. The number of fused-ring (bicyclic) bond motifs is 3. The molecule has 4 aromatic carbocycles. The van der Waals surface area contributed by atoms with Crippen molar-refractivity contribution in [1.82, 2.24) is 19.9 Å². The van der Waals surface area contributed by atoms with Crippen LogP contribution in [0.25, 0.3) is 64.9 Å². The van der Waals surface area contributed by atoms with Crippen LogP contribution >= 0.6 is 22.7 Å². The third kappa shape index (κ3) is 5.37. The number of hydrogen-bond donors (Lipinski definition) is 2. The lowest BCUT2D eigenvalue weighted by molar-refractivity contribution is 0.340. The Morgan fingerprint density at radius 1 is 0.600 bits per heavy atom. The van der Waals surface area contributed by atoms with E-state index in [1.807, 2.05) is 111 Å². The second kappa shape index (κ2) is 13.0. The van der Waals surface area contributed by atoms with E-state index in [1.54, 1.807) is 0 Å². The summed E-state index contributed by atoms with van der Waals surface area (Å²) in [5, 5.41) is 25.6. The van der Waals surface area contributed by atoms with Gasteiger partial charge in [-0.25, -0.2) is 9.97 Å². The van der Waals surface area contributed by atoms with Crippen LogP contribution in [0.2, 0.25) is 0 Å². The number of para-hydroxylation sites is 2. The summed E-state index contributed by atoms with van der Waals surface area (Å²) in [4.78, 5) is 17.1. The van der Waals surface area contributed by atoms with Crippen molar-refractivity contribution in [2.75, 3.05) is 13.2 Å². The molecule has 0 aliphatic rings. The summed E-state index contributed by atoms with van der Waals surface area (Å²) < 4.78 is 13.5. The molecule has 4 heterocycles. The second-order valence-corrected chi connectivity index (χ2v) is 13.4. The standard InChI is InChI=1S/C40H28N6O2S2/c1-3-47-25-17-13-23(14-18-25)35-33-34(38(45-35)28(22-42)40-44-30-10-6-8-12-32(30)50-40)36(24-15-19-26(20-16-24)48-4-2)46-37(33)27(21-41)39-43-29-9-5-7-11-31(29)49-39/h5-20,45-46H,3-4H2,1-2H3/b37-27-,38-28-. The SMILES string of the molecule is CCOc1ccc(-c2[nH]/c(=C(/C#N)c3nc4ccccc4s3)c3c(-c4ccc(OCC)cc4)[nH]/c(=C(/C#N)c4nc5ccccc5s4)c23)cc1. The Kier molecular flexibility index (Phi) is 8.09. The molecule has 0 bridgehead atoms. The quantitative estimate of drug-likeness (QED) is 0.166. The Balaban J connectivity index is 1.53. The fraction of sp³-hybridized carbons (Fsp3) is 0.100. The van der Waals surface area contributed by atoms with Crippen LogP contribution in [-0.2, 0) is 0 Å². The molecule has 242 valence electrons. The molecule has 4 aromatic heterocycles. The summed E-state index contributed by atoms with van der Waals surface area (Å²) in [7, 11) is 0. The number of nitriles is 2. The average Bonchev–Trinajstić information content (AvgIpc) is 3.93. The number of hydrogen-bond acceptors (Lipinski definition) is 8. The van der Waals surface area contributed by atoms with E-state index in [2.05, 4.69) is 22.1 Å². The number of nitrogens with one attached hydrogen (secondary N) is 2. The maximum atomic E-state index is 10.8. The fourth-order valence-electron chi connectivity index (χ4n) is 6.21. The Bertz CT molecular complexity index is 2500. The highest BCUT2D eigenvalue weighted by Crippen LogP contribution is 2.35. The van der Waals surface area contributed by atoms with Gasteiger partial charge in [0.15, 0.2) is 0 Å². The van der Waals surface area contributed by atoms with Crippen molar-refractivity contribution in [3.05, 3.63) is 118 Å². The van der Waals surface area contributed by atoms with Gasteiger partial charge in [0.05, 0.1) is 55.7 Å². The highest BCUT2D eigenvalue weighted by Gasteiger charge is 2.24. The maximum absolute atomic E-state index is 10.8. The molecule has 0 fully saturated rings. The Hall–Kier alpha value is -6.20. The highest BCUT2D eigenvalue weighted by atomic mass is 32.1. The molecule has 0 aliphatic carbocycles. The van der Waals surface area contributed by atoms with Gasteiger partial charge < -0.3 is 19.4 Å². The highest BCUT2D eigenvalue weighted by molar-refractivity contribution is 7.20. The summed E-state index contributed by atoms with van der Waals surface area (Å²) in [5.41, 5.74) is 5.71. The summed E-state index contributed by atoms with van der Waals surface area (Å²) in [5.74, 6) is 1.50. The molecular formula is C40H28N6O2S2. The molecule has 8 nitrogen and oxygen atoms in total. The summed E-state index contributed by atoms with van der Waals surface area (Å²) in [6.45, 7) is 5.00. The lowest BCUT2D eigenvalue weighted by Gasteiger charge is -2.05. The molecule has 8 rings (SSSR count). The van der Waals surface area contributed by atoms with Gasteiger partial charge in [0.1, 0.15) is 44.8 Å². The van der Waals surface area contributed by atoms with Crippen LogP contribution in [0, 0.1) is 22.7 Å². The van der Waals surface area contributed by atoms with Crippen molar-refractivity contribution in [3.63, 3.8) is 0 Å². The lowest BCUT2D eigenvalue weighted by atomic mass is 10.0. The van der Waals surface area contributed by atoms with Crippen LogP contribution < -0.4 is 20.2 Å². The van der Waals surface area contributed by atoms with Gasteiger partial charge in [-0.3, -0.25) is 0 Å². The Morgan fingerprint density at radius 3 is 1.36 bits per heavy atom. The smallest absolute Gasteiger partial charge is 0.137 e. The molecule has 0 unspecified atom stereocenters.